The molecular weight excluding hydrogens is 407 g/mol. The molecule has 6 nitrogen and oxygen atoms in total. The minimum absolute atomic E-state index is 0.0226. The Balaban J connectivity index is 1.86. The third kappa shape index (κ3) is 4.94. The SMILES string of the molecule is CC1(C)CCC(n2nc(-c3cc(CNC(=O)C(C)(C)C)c(F)cc3Cl)[nH]c2=O)CC1. The molecule has 3 rings (SSSR count). The molecule has 1 saturated carbocycles. The molecule has 0 saturated heterocycles. The maximum Gasteiger partial charge on any atom is 0.343 e. The molecule has 164 valence electrons. The quantitative estimate of drug-likeness (QED) is 0.720. The average molecular weight is 437 g/mol. The van der Waals surface area contributed by atoms with Crippen LogP contribution in [0.2, 0.25) is 5.02 Å². The Labute approximate surface area is 181 Å². The van der Waals surface area contributed by atoms with E-state index >= 15 is 0 Å². The van der Waals surface area contributed by atoms with Crippen molar-refractivity contribution in [1.82, 2.24) is 20.1 Å². The van der Waals surface area contributed by atoms with E-state index in [-0.39, 0.29) is 40.2 Å². The van der Waals surface area contributed by atoms with Gasteiger partial charge in [-0.3, -0.25) is 9.78 Å². The largest absolute Gasteiger partial charge is 0.351 e. The normalized spacial score (nSPS) is 17.2. The summed E-state index contributed by atoms with van der Waals surface area (Å²) in [5.41, 5.74) is 0.125. The minimum atomic E-state index is -0.579. The van der Waals surface area contributed by atoms with Gasteiger partial charge in [0.1, 0.15) is 5.82 Å². The van der Waals surface area contributed by atoms with E-state index in [4.69, 9.17) is 11.6 Å². The number of aromatic nitrogens is 3. The lowest BCUT2D eigenvalue weighted by atomic mass is 9.76. The Morgan fingerprint density at radius 1 is 1.33 bits per heavy atom. The molecule has 1 aliphatic rings. The number of nitrogens with one attached hydrogen (secondary N) is 2. The van der Waals surface area contributed by atoms with Crippen molar-refractivity contribution in [2.75, 3.05) is 0 Å². The van der Waals surface area contributed by atoms with E-state index < -0.39 is 11.2 Å². The molecule has 30 heavy (non-hydrogen) atoms. The molecule has 0 unspecified atom stereocenters. The molecule has 1 aromatic carbocycles. The van der Waals surface area contributed by atoms with Crippen LogP contribution in [-0.4, -0.2) is 20.7 Å². The van der Waals surface area contributed by atoms with Crippen molar-refractivity contribution < 1.29 is 9.18 Å². The van der Waals surface area contributed by atoms with Crippen molar-refractivity contribution >= 4 is 17.5 Å². The Morgan fingerprint density at radius 3 is 2.57 bits per heavy atom. The first-order valence-electron chi connectivity index (χ1n) is 10.3. The van der Waals surface area contributed by atoms with Crippen LogP contribution >= 0.6 is 11.6 Å². The van der Waals surface area contributed by atoms with Gasteiger partial charge in [-0.05, 0) is 43.2 Å². The summed E-state index contributed by atoms with van der Waals surface area (Å²) in [7, 11) is 0. The zero-order chi connectivity index (χ0) is 22.3. The molecule has 1 amide bonds. The fourth-order valence-electron chi connectivity index (χ4n) is 3.69. The van der Waals surface area contributed by atoms with Crippen molar-refractivity contribution in [3.05, 3.63) is 39.0 Å². The van der Waals surface area contributed by atoms with Crippen LogP contribution in [-0.2, 0) is 11.3 Å². The number of benzene rings is 1. The second-order valence-electron chi connectivity index (χ2n) is 9.97. The average Bonchev–Trinajstić information content (AvgIpc) is 3.01. The fraction of sp³-hybridized carbons (Fsp3) is 0.591. The van der Waals surface area contributed by atoms with Gasteiger partial charge in [0.15, 0.2) is 5.82 Å². The number of carbonyl (C=O) groups excluding carboxylic acids is 1. The second kappa shape index (κ2) is 8.17. The Hall–Kier alpha value is -2.15. The van der Waals surface area contributed by atoms with Gasteiger partial charge in [-0.25, -0.2) is 13.9 Å². The van der Waals surface area contributed by atoms with Crippen LogP contribution < -0.4 is 11.0 Å². The summed E-state index contributed by atoms with van der Waals surface area (Å²) in [4.78, 5) is 27.4. The summed E-state index contributed by atoms with van der Waals surface area (Å²) in [6.07, 6.45) is 3.83. The smallest absolute Gasteiger partial charge is 0.343 e. The highest BCUT2D eigenvalue weighted by Gasteiger charge is 2.29. The van der Waals surface area contributed by atoms with Crippen LogP contribution in [0.15, 0.2) is 16.9 Å². The molecule has 1 aromatic heterocycles. The lowest BCUT2D eigenvalue weighted by Crippen LogP contribution is -2.34. The van der Waals surface area contributed by atoms with Crippen molar-refractivity contribution in [2.45, 2.75) is 72.9 Å². The van der Waals surface area contributed by atoms with Gasteiger partial charge in [0, 0.05) is 23.1 Å². The van der Waals surface area contributed by atoms with E-state index in [9.17, 15) is 14.0 Å². The number of H-pyrrole nitrogens is 1. The lowest BCUT2D eigenvalue weighted by molar-refractivity contribution is -0.128. The van der Waals surface area contributed by atoms with Crippen molar-refractivity contribution in [2.24, 2.45) is 10.8 Å². The lowest BCUT2D eigenvalue weighted by Gasteiger charge is -2.33. The Bertz CT molecular complexity index is 994. The molecule has 1 aliphatic carbocycles. The van der Waals surface area contributed by atoms with Gasteiger partial charge in [0.05, 0.1) is 11.1 Å². The van der Waals surface area contributed by atoms with Crippen LogP contribution in [0.5, 0.6) is 0 Å². The topological polar surface area (TPSA) is 79.8 Å². The van der Waals surface area contributed by atoms with Gasteiger partial charge >= 0.3 is 5.69 Å². The Morgan fingerprint density at radius 2 is 1.97 bits per heavy atom. The number of carbonyl (C=O) groups is 1. The summed E-state index contributed by atoms with van der Waals surface area (Å²) in [6, 6.07) is 2.77. The fourth-order valence-corrected chi connectivity index (χ4v) is 3.93. The van der Waals surface area contributed by atoms with Crippen LogP contribution in [0, 0.1) is 16.6 Å². The molecule has 1 heterocycles. The van der Waals surface area contributed by atoms with Crippen LogP contribution in [0.25, 0.3) is 11.4 Å². The summed E-state index contributed by atoms with van der Waals surface area (Å²) < 4.78 is 15.9. The summed E-state index contributed by atoms with van der Waals surface area (Å²) in [5.74, 6) is -0.399. The van der Waals surface area contributed by atoms with Gasteiger partial charge in [-0.2, -0.15) is 0 Å². The highest BCUT2D eigenvalue weighted by atomic mass is 35.5. The van der Waals surface area contributed by atoms with Crippen molar-refractivity contribution in [3.8, 4) is 11.4 Å². The molecule has 0 bridgehead atoms. The summed E-state index contributed by atoms with van der Waals surface area (Å²) >= 11 is 6.26. The van der Waals surface area contributed by atoms with Gasteiger partial charge in [0.2, 0.25) is 5.91 Å². The first-order valence-corrected chi connectivity index (χ1v) is 10.7. The van der Waals surface area contributed by atoms with E-state index in [2.05, 4.69) is 29.2 Å². The number of hydrogen-bond acceptors (Lipinski definition) is 3. The molecule has 0 spiro atoms. The maximum absolute atomic E-state index is 14.4. The summed E-state index contributed by atoms with van der Waals surface area (Å²) in [6.45, 7) is 9.86. The predicted molar refractivity (Wildman–Crippen MR) is 116 cm³/mol. The predicted octanol–water partition coefficient (Wildman–Crippen LogP) is 4.83. The molecule has 0 radical (unpaired) electrons. The van der Waals surface area contributed by atoms with Crippen LogP contribution in [0.4, 0.5) is 4.39 Å². The first-order chi connectivity index (χ1) is 13.9. The van der Waals surface area contributed by atoms with E-state index in [1.54, 1.807) is 20.8 Å². The monoisotopic (exact) mass is 436 g/mol. The van der Waals surface area contributed by atoms with Gasteiger partial charge in [-0.15, -0.1) is 5.10 Å². The number of halogens is 2. The van der Waals surface area contributed by atoms with Gasteiger partial charge < -0.3 is 5.32 Å². The molecule has 0 aliphatic heterocycles. The van der Waals surface area contributed by atoms with E-state index in [0.717, 1.165) is 25.7 Å². The van der Waals surface area contributed by atoms with E-state index in [1.807, 2.05) is 0 Å². The molecule has 0 atom stereocenters. The standard InChI is InChI=1S/C22H30ClFN4O2/c1-21(2,3)19(29)25-12-13-10-15(16(23)11-17(13)24)18-26-20(30)28(27-18)14-6-8-22(4,5)9-7-14/h10-11,14H,6-9,12H2,1-5H3,(H,25,29)(H,26,27,30). The third-order valence-corrected chi connectivity index (χ3v) is 6.12. The number of nitrogens with zero attached hydrogens (tertiary/aromatic N) is 2. The van der Waals surface area contributed by atoms with E-state index in [0.29, 0.717) is 11.4 Å². The van der Waals surface area contributed by atoms with E-state index in [1.165, 1.54) is 16.8 Å². The number of rotatable bonds is 4. The van der Waals surface area contributed by atoms with Crippen molar-refractivity contribution in [3.63, 3.8) is 0 Å². The zero-order valence-corrected chi connectivity index (χ0v) is 19.0. The minimum Gasteiger partial charge on any atom is -0.351 e. The third-order valence-electron chi connectivity index (χ3n) is 5.81. The second-order valence-corrected chi connectivity index (χ2v) is 10.4. The number of aromatic amines is 1. The first kappa shape index (κ1) is 22.5. The number of amides is 1. The van der Waals surface area contributed by atoms with Crippen molar-refractivity contribution in [1.29, 1.82) is 0 Å². The summed E-state index contributed by atoms with van der Waals surface area (Å²) in [5, 5.41) is 7.36. The zero-order valence-electron chi connectivity index (χ0n) is 18.2. The Kier molecular flexibility index (Phi) is 6.14. The molecule has 2 N–H and O–H groups in total. The molecule has 8 heteroatoms. The molecule has 2 aromatic rings. The highest BCUT2D eigenvalue weighted by Crippen LogP contribution is 2.39. The van der Waals surface area contributed by atoms with Gasteiger partial charge in [-0.1, -0.05) is 46.2 Å². The maximum atomic E-state index is 14.4. The molecular formula is C22H30ClFN4O2. The van der Waals surface area contributed by atoms with Crippen LogP contribution in [0.3, 0.4) is 0 Å². The number of hydrogen-bond donors (Lipinski definition) is 2. The van der Waals surface area contributed by atoms with Crippen LogP contribution in [0.1, 0.15) is 71.9 Å². The molecule has 1 fully saturated rings. The van der Waals surface area contributed by atoms with Gasteiger partial charge in [0.25, 0.3) is 0 Å². The highest BCUT2D eigenvalue weighted by molar-refractivity contribution is 6.33.